The van der Waals surface area contributed by atoms with Crippen molar-refractivity contribution in [2.75, 3.05) is 23.6 Å². The number of rotatable bonds is 10. The molecule has 6 nitrogen and oxygen atoms in total. The number of pyridine rings is 1. The molecule has 192 valence electrons. The van der Waals surface area contributed by atoms with Crippen molar-refractivity contribution in [1.29, 1.82) is 0 Å². The van der Waals surface area contributed by atoms with Crippen LogP contribution in [-0.4, -0.2) is 42.9 Å². The molecule has 1 N–H and O–H groups in total. The Morgan fingerprint density at radius 3 is 2.46 bits per heavy atom. The summed E-state index contributed by atoms with van der Waals surface area (Å²) in [6.45, 7) is 2.17. The number of nitrogens with one attached hydrogen (secondary N) is 1. The number of aromatic nitrogens is 3. The number of imidazole rings is 1. The molecule has 10 heteroatoms. The van der Waals surface area contributed by atoms with Gasteiger partial charge in [0, 0.05) is 64.2 Å². The summed E-state index contributed by atoms with van der Waals surface area (Å²) in [6, 6.07) is 17.8. The summed E-state index contributed by atoms with van der Waals surface area (Å²) >= 11 is 3.36. The Kier molecular flexibility index (Phi) is 9.18. The third-order valence-corrected chi connectivity index (χ3v) is 8.10. The Labute approximate surface area is 227 Å². The Morgan fingerprint density at radius 2 is 1.81 bits per heavy atom. The average Bonchev–Trinajstić information content (AvgIpc) is 3.25. The van der Waals surface area contributed by atoms with Crippen LogP contribution in [0.5, 0.6) is 0 Å². The molecule has 0 aliphatic rings. The number of hydrogen-bond acceptors (Lipinski definition) is 6. The summed E-state index contributed by atoms with van der Waals surface area (Å²) < 4.78 is 27.7. The fourth-order valence-corrected chi connectivity index (χ4v) is 5.65. The number of carbonyl (C=O) groups is 1. The van der Waals surface area contributed by atoms with E-state index in [1.807, 2.05) is 36.4 Å². The van der Waals surface area contributed by atoms with Gasteiger partial charge in [0.1, 0.15) is 11.6 Å². The van der Waals surface area contributed by atoms with Crippen LogP contribution in [0.3, 0.4) is 0 Å². The topological polar surface area (TPSA) is 76.9 Å². The Hall–Kier alpha value is -2.95. The molecule has 4 rings (SSSR count). The first-order valence-electron chi connectivity index (χ1n) is 11.5. The molecule has 2 heterocycles. The highest BCUT2D eigenvalue weighted by Gasteiger charge is 2.21. The smallest absolute Gasteiger partial charge is 0.222 e. The number of hydrogen-bond donors (Lipinski definition) is 1. The molecule has 2 aromatic heterocycles. The van der Waals surface area contributed by atoms with Crippen molar-refractivity contribution in [2.45, 2.75) is 29.3 Å². The van der Waals surface area contributed by atoms with Crippen LogP contribution in [0.15, 0.2) is 76.9 Å². The van der Waals surface area contributed by atoms with Crippen LogP contribution in [0.25, 0.3) is 22.5 Å². The van der Waals surface area contributed by atoms with Gasteiger partial charge in [-0.3, -0.25) is 9.00 Å². The van der Waals surface area contributed by atoms with Crippen molar-refractivity contribution in [3.63, 3.8) is 0 Å². The van der Waals surface area contributed by atoms with Gasteiger partial charge in [-0.15, -0.1) is 0 Å². The number of amides is 1. The minimum absolute atomic E-state index is 0.200. The second kappa shape index (κ2) is 12.5. The molecule has 1 amide bonds. The summed E-state index contributed by atoms with van der Waals surface area (Å²) in [5.41, 5.74) is 4.37. The fraction of sp³-hybridized carbons (Fsp3) is 0.222. The largest absolute Gasteiger partial charge is 0.318 e. The minimum Gasteiger partial charge on any atom is -0.318 e. The molecule has 0 spiro atoms. The zero-order chi connectivity index (χ0) is 26.4. The molecule has 0 radical (unpaired) electrons. The highest BCUT2D eigenvalue weighted by molar-refractivity contribution is 7.98. The third-order valence-electron chi connectivity index (χ3n) is 5.53. The Morgan fingerprint density at radius 1 is 1.08 bits per heavy atom. The molecule has 2 aromatic carbocycles. The summed E-state index contributed by atoms with van der Waals surface area (Å²) in [5.74, 6) is 1.50. The van der Waals surface area contributed by atoms with Crippen molar-refractivity contribution in [2.24, 2.45) is 0 Å². The lowest BCUT2D eigenvalue weighted by Crippen LogP contribution is -2.08. The molecule has 1 atom stereocenters. The molecule has 0 aliphatic heterocycles. The van der Waals surface area contributed by atoms with E-state index in [-0.39, 0.29) is 11.7 Å². The fourth-order valence-electron chi connectivity index (χ4n) is 3.79. The maximum absolute atomic E-state index is 13.7. The first kappa shape index (κ1) is 27.1. The minimum atomic E-state index is -1.02. The Bertz CT molecular complexity index is 1410. The zero-order valence-corrected chi connectivity index (χ0v) is 23.2. The zero-order valence-electron chi connectivity index (χ0n) is 20.7. The Balaban J connectivity index is 1.79. The first-order chi connectivity index (χ1) is 17.9. The lowest BCUT2D eigenvalue weighted by atomic mass is 10.1. The van der Waals surface area contributed by atoms with Crippen LogP contribution in [0, 0.1) is 5.82 Å². The van der Waals surface area contributed by atoms with Crippen molar-refractivity contribution in [3.05, 3.63) is 78.2 Å². The molecule has 4 aromatic rings. The van der Waals surface area contributed by atoms with Gasteiger partial charge in [-0.25, -0.2) is 14.4 Å². The van der Waals surface area contributed by atoms with Crippen molar-refractivity contribution < 1.29 is 13.4 Å². The van der Waals surface area contributed by atoms with Gasteiger partial charge in [0.25, 0.3) is 0 Å². The van der Waals surface area contributed by atoms with E-state index >= 15 is 0 Å². The van der Waals surface area contributed by atoms with Crippen LogP contribution >= 0.6 is 23.5 Å². The second-order valence-electron chi connectivity index (χ2n) is 8.24. The predicted octanol–water partition coefficient (Wildman–Crippen LogP) is 6.10. The molecule has 37 heavy (non-hydrogen) atoms. The molecule has 1 unspecified atom stereocenters. The van der Waals surface area contributed by atoms with E-state index in [4.69, 9.17) is 4.98 Å². The van der Waals surface area contributed by atoms with E-state index in [9.17, 15) is 13.4 Å². The average molecular weight is 555 g/mol. The first-order valence-corrected chi connectivity index (χ1v) is 15.4. The molecule has 0 bridgehead atoms. The number of anilines is 1. The highest BCUT2D eigenvalue weighted by Crippen LogP contribution is 2.37. The maximum Gasteiger partial charge on any atom is 0.222 e. The van der Waals surface area contributed by atoms with E-state index in [1.54, 1.807) is 48.1 Å². The van der Waals surface area contributed by atoms with Crippen LogP contribution in [0.1, 0.15) is 12.5 Å². The molecule has 0 saturated carbocycles. The molecular weight excluding hydrogens is 528 g/mol. The molecule has 0 saturated heterocycles. The number of benzene rings is 2. The van der Waals surface area contributed by atoms with E-state index < -0.39 is 10.8 Å². The summed E-state index contributed by atoms with van der Waals surface area (Å²) in [6.07, 6.45) is 5.39. The highest BCUT2D eigenvalue weighted by atomic mass is 32.2. The summed E-state index contributed by atoms with van der Waals surface area (Å²) in [7, 11) is -1.02. The second-order valence-corrected chi connectivity index (χ2v) is 11.5. The summed E-state index contributed by atoms with van der Waals surface area (Å²) in [4.78, 5) is 21.7. The van der Waals surface area contributed by atoms with Crippen LogP contribution < -0.4 is 5.32 Å². The standard InChI is InChI=1S/C27H27FN4O2S3/c1-18(33)30-24-16-21(12-13-29-24)26-25(20-6-8-22(28)9-7-20)31-27(32(26)14-15-35-2)36-17-19-4-10-23(11-5-19)37(3)34/h4-13,16H,14-15,17H2,1-3H3,(H,29,30,33). The molecule has 0 fully saturated rings. The maximum atomic E-state index is 13.7. The number of carbonyl (C=O) groups excluding carboxylic acids is 1. The lowest BCUT2D eigenvalue weighted by molar-refractivity contribution is -0.114. The van der Waals surface area contributed by atoms with Gasteiger partial charge in [0.2, 0.25) is 5.91 Å². The van der Waals surface area contributed by atoms with Gasteiger partial charge in [-0.2, -0.15) is 11.8 Å². The molecular formula is C27H27FN4O2S3. The SMILES string of the molecule is CSCCn1c(SCc2ccc(S(C)=O)cc2)nc(-c2ccc(F)cc2)c1-c1ccnc(NC(C)=O)c1. The van der Waals surface area contributed by atoms with Crippen molar-refractivity contribution in [3.8, 4) is 22.5 Å². The van der Waals surface area contributed by atoms with E-state index in [2.05, 4.69) is 21.1 Å². The van der Waals surface area contributed by atoms with Crippen molar-refractivity contribution in [1.82, 2.24) is 14.5 Å². The lowest BCUT2D eigenvalue weighted by Gasteiger charge is -2.13. The number of nitrogens with zero attached hydrogens (tertiary/aromatic N) is 3. The van der Waals surface area contributed by atoms with Crippen molar-refractivity contribution >= 4 is 46.0 Å². The number of halogens is 1. The van der Waals surface area contributed by atoms with Gasteiger partial charge in [0.05, 0.1) is 11.4 Å². The monoisotopic (exact) mass is 554 g/mol. The normalized spacial score (nSPS) is 11.9. The number of thioether (sulfide) groups is 2. The quantitative estimate of drug-likeness (QED) is 0.239. The van der Waals surface area contributed by atoms with Gasteiger partial charge >= 0.3 is 0 Å². The van der Waals surface area contributed by atoms with Crippen LogP contribution in [-0.2, 0) is 27.9 Å². The van der Waals surface area contributed by atoms with Gasteiger partial charge in [-0.05, 0) is 60.4 Å². The van der Waals surface area contributed by atoms with Gasteiger partial charge < -0.3 is 9.88 Å². The van der Waals surface area contributed by atoms with Crippen LogP contribution in [0.4, 0.5) is 10.2 Å². The predicted molar refractivity (Wildman–Crippen MR) is 152 cm³/mol. The third kappa shape index (κ3) is 6.88. The van der Waals surface area contributed by atoms with E-state index in [0.717, 1.165) is 50.4 Å². The van der Waals surface area contributed by atoms with E-state index in [0.29, 0.717) is 11.6 Å². The van der Waals surface area contributed by atoms with E-state index in [1.165, 1.54) is 19.1 Å². The van der Waals surface area contributed by atoms with Crippen LogP contribution in [0.2, 0.25) is 0 Å². The summed E-state index contributed by atoms with van der Waals surface area (Å²) in [5, 5.41) is 3.59. The van der Waals surface area contributed by atoms with Gasteiger partial charge in [0.15, 0.2) is 5.16 Å². The molecule has 0 aliphatic carbocycles. The van der Waals surface area contributed by atoms with Gasteiger partial charge in [-0.1, -0.05) is 23.9 Å².